The highest BCUT2D eigenvalue weighted by molar-refractivity contribution is 6.31. The second kappa shape index (κ2) is 3.86. The van der Waals surface area contributed by atoms with Gasteiger partial charge in [-0.25, -0.2) is 0 Å². The van der Waals surface area contributed by atoms with Gasteiger partial charge in [-0.2, -0.15) is 0 Å². The maximum absolute atomic E-state index is 10.6. The van der Waals surface area contributed by atoms with Crippen molar-refractivity contribution in [1.29, 1.82) is 0 Å². The molecule has 0 bridgehead atoms. The average Bonchev–Trinajstić information content (AvgIpc) is 2.10. The zero-order chi connectivity index (χ0) is 10.9. The van der Waals surface area contributed by atoms with Crippen LogP contribution in [-0.2, 0) is 4.79 Å². The fraction of sp³-hybridized carbons (Fsp3) is 0.222. The zero-order valence-corrected chi connectivity index (χ0v) is 8.25. The molecule has 0 unspecified atom stereocenters. The Morgan fingerprint density at radius 3 is 2.64 bits per heavy atom. The summed E-state index contributed by atoms with van der Waals surface area (Å²) < 4.78 is 0. The summed E-state index contributed by atoms with van der Waals surface area (Å²) in [4.78, 5) is 10.6. The Kier molecular flexibility index (Phi) is 2.98. The summed E-state index contributed by atoms with van der Waals surface area (Å²) in [7, 11) is 0. The molecule has 14 heavy (non-hydrogen) atoms. The summed E-state index contributed by atoms with van der Waals surface area (Å²) in [5, 5.41) is 18.5. The number of benzene rings is 1. The van der Waals surface area contributed by atoms with Gasteiger partial charge in [-0.1, -0.05) is 11.6 Å². The Bertz CT molecular complexity index is 379. The summed E-state index contributed by atoms with van der Waals surface area (Å²) in [5.74, 6) is -1.36. The van der Waals surface area contributed by atoms with Crippen LogP contribution in [0.1, 0.15) is 17.2 Å². The number of phenols is 1. The van der Waals surface area contributed by atoms with Crippen LogP contribution in [0.3, 0.4) is 0 Å². The third kappa shape index (κ3) is 1.97. The number of carbonyl (C=O) groups is 1. The molecule has 4 N–H and O–H groups in total. The average molecular weight is 216 g/mol. The first kappa shape index (κ1) is 10.8. The Hall–Kier alpha value is -1.26. The van der Waals surface area contributed by atoms with Crippen LogP contribution in [0.5, 0.6) is 5.75 Å². The van der Waals surface area contributed by atoms with Crippen LogP contribution in [0.15, 0.2) is 12.1 Å². The number of phenolic OH excluding ortho intramolecular Hbond substituents is 1. The summed E-state index contributed by atoms with van der Waals surface area (Å²) >= 11 is 5.77. The lowest BCUT2D eigenvalue weighted by Crippen LogP contribution is -2.20. The maximum Gasteiger partial charge on any atom is 0.325 e. The van der Waals surface area contributed by atoms with Gasteiger partial charge < -0.3 is 15.9 Å². The molecule has 0 heterocycles. The summed E-state index contributed by atoms with van der Waals surface area (Å²) in [5.41, 5.74) is 6.13. The van der Waals surface area contributed by atoms with Crippen LogP contribution < -0.4 is 5.73 Å². The van der Waals surface area contributed by atoms with E-state index in [1.165, 1.54) is 12.1 Å². The van der Waals surface area contributed by atoms with Gasteiger partial charge in [-0.05, 0) is 24.6 Å². The fourth-order valence-corrected chi connectivity index (χ4v) is 1.24. The van der Waals surface area contributed by atoms with E-state index in [4.69, 9.17) is 22.4 Å². The van der Waals surface area contributed by atoms with Gasteiger partial charge >= 0.3 is 5.97 Å². The first-order valence-electron chi connectivity index (χ1n) is 3.91. The molecule has 1 aromatic rings. The lowest BCUT2D eigenvalue weighted by Gasteiger charge is -2.10. The first-order chi connectivity index (χ1) is 6.43. The van der Waals surface area contributed by atoms with E-state index in [2.05, 4.69) is 0 Å². The minimum Gasteiger partial charge on any atom is -0.508 e. The van der Waals surface area contributed by atoms with Gasteiger partial charge in [0.2, 0.25) is 0 Å². The number of halogens is 1. The highest BCUT2D eigenvalue weighted by atomic mass is 35.5. The van der Waals surface area contributed by atoms with Gasteiger partial charge in [-0.3, -0.25) is 4.79 Å². The number of nitrogens with two attached hydrogens (primary N) is 1. The van der Waals surface area contributed by atoms with Crippen molar-refractivity contribution >= 4 is 17.6 Å². The largest absolute Gasteiger partial charge is 0.508 e. The van der Waals surface area contributed by atoms with E-state index in [0.29, 0.717) is 10.6 Å². The predicted octanol–water partition coefficient (Wildman–Crippen LogP) is 1.44. The van der Waals surface area contributed by atoms with E-state index in [-0.39, 0.29) is 11.3 Å². The van der Waals surface area contributed by atoms with Crippen LogP contribution in [-0.4, -0.2) is 16.2 Å². The fourth-order valence-electron chi connectivity index (χ4n) is 1.06. The topological polar surface area (TPSA) is 83.5 Å². The van der Waals surface area contributed by atoms with Crippen molar-refractivity contribution in [3.05, 3.63) is 28.3 Å². The number of rotatable bonds is 2. The summed E-state index contributed by atoms with van der Waals surface area (Å²) in [6, 6.07) is 1.50. The molecule has 76 valence electrons. The standard InChI is InChI=1S/C9H10ClNO3/c1-4-2-7(12)5(3-6(4)10)8(11)9(13)14/h2-3,8,12H,11H2,1H3,(H,13,14)/t8-/m0/s1. The molecule has 0 saturated heterocycles. The summed E-state index contributed by atoms with van der Waals surface area (Å²) in [6.07, 6.45) is 0. The van der Waals surface area contributed by atoms with E-state index in [9.17, 15) is 9.90 Å². The molecule has 1 aromatic carbocycles. The monoisotopic (exact) mass is 215 g/mol. The predicted molar refractivity (Wildman–Crippen MR) is 52.4 cm³/mol. The van der Waals surface area contributed by atoms with Gasteiger partial charge in [0.25, 0.3) is 0 Å². The smallest absolute Gasteiger partial charge is 0.325 e. The third-order valence-electron chi connectivity index (χ3n) is 1.91. The van der Waals surface area contributed by atoms with Crippen molar-refractivity contribution in [3.63, 3.8) is 0 Å². The van der Waals surface area contributed by atoms with E-state index >= 15 is 0 Å². The Morgan fingerprint density at radius 1 is 1.57 bits per heavy atom. The SMILES string of the molecule is Cc1cc(O)c([C@H](N)C(=O)O)cc1Cl. The minimum absolute atomic E-state index is 0.119. The normalized spacial score (nSPS) is 12.5. The Morgan fingerprint density at radius 2 is 2.14 bits per heavy atom. The molecule has 0 saturated carbocycles. The van der Waals surface area contributed by atoms with Crippen molar-refractivity contribution < 1.29 is 15.0 Å². The van der Waals surface area contributed by atoms with Gasteiger partial charge in [0, 0.05) is 10.6 Å². The van der Waals surface area contributed by atoms with Crippen molar-refractivity contribution in [2.45, 2.75) is 13.0 Å². The molecule has 1 atom stereocenters. The number of carboxylic acids is 1. The van der Waals surface area contributed by atoms with Crippen LogP contribution in [0.2, 0.25) is 5.02 Å². The van der Waals surface area contributed by atoms with Crippen LogP contribution in [0.4, 0.5) is 0 Å². The molecule has 1 rings (SSSR count). The number of hydrogen-bond acceptors (Lipinski definition) is 3. The van der Waals surface area contributed by atoms with Crippen molar-refractivity contribution in [2.75, 3.05) is 0 Å². The number of aromatic hydroxyl groups is 1. The van der Waals surface area contributed by atoms with Crippen molar-refractivity contribution in [2.24, 2.45) is 5.73 Å². The van der Waals surface area contributed by atoms with Gasteiger partial charge in [-0.15, -0.1) is 0 Å². The van der Waals surface area contributed by atoms with Gasteiger partial charge in [0.1, 0.15) is 11.8 Å². The van der Waals surface area contributed by atoms with Crippen LogP contribution in [0, 0.1) is 6.92 Å². The Balaban J connectivity index is 3.22. The number of hydrogen-bond donors (Lipinski definition) is 3. The molecular weight excluding hydrogens is 206 g/mol. The molecule has 5 heteroatoms. The van der Waals surface area contributed by atoms with Crippen LogP contribution >= 0.6 is 11.6 Å². The molecule has 0 fully saturated rings. The molecule has 0 spiro atoms. The minimum atomic E-state index is -1.26. The van der Waals surface area contributed by atoms with Crippen LogP contribution in [0.25, 0.3) is 0 Å². The second-order valence-electron chi connectivity index (χ2n) is 2.98. The van der Waals surface area contributed by atoms with E-state index in [1.807, 2.05) is 0 Å². The highest BCUT2D eigenvalue weighted by Crippen LogP contribution is 2.29. The second-order valence-corrected chi connectivity index (χ2v) is 3.38. The Labute approximate surface area is 85.9 Å². The van der Waals surface area contributed by atoms with Crippen molar-refractivity contribution in [3.8, 4) is 5.75 Å². The zero-order valence-electron chi connectivity index (χ0n) is 7.49. The third-order valence-corrected chi connectivity index (χ3v) is 2.32. The number of aliphatic carboxylic acids is 1. The molecule has 0 amide bonds. The van der Waals surface area contributed by atoms with Gasteiger partial charge in [0.15, 0.2) is 0 Å². The van der Waals surface area contributed by atoms with E-state index in [0.717, 1.165) is 0 Å². The lowest BCUT2D eigenvalue weighted by molar-refractivity contribution is -0.138. The van der Waals surface area contributed by atoms with E-state index in [1.54, 1.807) is 6.92 Å². The molecule has 0 radical (unpaired) electrons. The molecule has 0 aliphatic rings. The molecular formula is C9H10ClNO3. The quantitative estimate of drug-likeness (QED) is 0.697. The molecule has 4 nitrogen and oxygen atoms in total. The number of aryl methyl sites for hydroxylation is 1. The maximum atomic E-state index is 10.6. The number of carboxylic acid groups (broad SMARTS) is 1. The molecule has 0 aliphatic heterocycles. The summed E-state index contributed by atoms with van der Waals surface area (Å²) in [6.45, 7) is 1.71. The van der Waals surface area contributed by atoms with E-state index < -0.39 is 12.0 Å². The van der Waals surface area contributed by atoms with Crippen molar-refractivity contribution in [1.82, 2.24) is 0 Å². The molecule has 0 aliphatic carbocycles. The molecule has 0 aromatic heterocycles. The highest BCUT2D eigenvalue weighted by Gasteiger charge is 2.19. The van der Waals surface area contributed by atoms with Gasteiger partial charge in [0.05, 0.1) is 0 Å². The first-order valence-corrected chi connectivity index (χ1v) is 4.28. The lowest BCUT2D eigenvalue weighted by atomic mass is 10.0.